The van der Waals surface area contributed by atoms with Crippen molar-refractivity contribution in [1.82, 2.24) is 4.90 Å². The summed E-state index contributed by atoms with van der Waals surface area (Å²) in [6, 6.07) is 0. The molecule has 0 radical (unpaired) electrons. The Labute approximate surface area is 79.7 Å². The molecule has 1 saturated heterocycles. The molecule has 1 fully saturated rings. The number of likely N-dealkylation sites (tertiary alicyclic amines) is 1. The number of hydrogen-bond donors (Lipinski definition) is 2. The van der Waals surface area contributed by atoms with Crippen LogP contribution in [0.15, 0.2) is 0 Å². The second-order valence-electron chi connectivity index (χ2n) is 3.52. The Balaban J connectivity index is 2.21. The van der Waals surface area contributed by atoms with Crippen LogP contribution in [0.1, 0.15) is 13.3 Å². The van der Waals surface area contributed by atoms with Crippen LogP contribution in [0.25, 0.3) is 0 Å². The van der Waals surface area contributed by atoms with E-state index in [0.717, 1.165) is 26.1 Å². The van der Waals surface area contributed by atoms with Gasteiger partial charge in [0.15, 0.2) is 0 Å². The zero-order valence-electron chi connectivity index (χ0n) is 8.28. The molecule has 4 nitrogen and oxygen atoms in total. The van der Waals surface area contributed by atoms with Crippen molar-refractivity contribution in [2.24, 2.45) is 5.73 Å². The quantitative estimate of drug-likeness (QED) is 0.606. The summed E-state index contributed by atoms with van der Waals surface area (Å²) in [5, 5.41) is 9.30. The highest BCUT2D eigenvalue weighted by Gasteiger charge is 2.22. The molecule has 1 aliphatic heterocycles. The lowest BCUT2D eigenvalue weighted by atomic mass is 10.3. The highest BCUT2D eigenvalue weighted by molar-refractivity contribution is 4.77. The summed E-state index contributed by atoms with van der Waals surface area (Å²) < 4.78 is 5.44. The van der Waals surface area contributed by atoms with Gasteiger partial charge < -0.3 is 15.6 Å². The van der Waals surface area contributed by atoms with Crippen LogP contribution in [0.2, 0.25) is 0 Å². The number of nitrogens with two attached hydrogens (primary N) is 1. The van der Waals surface area contributed by atoms with Crippen LogP contribution in [-0.4, -0.2) is 55.0 Å². The number of β-amino-alcohol motifs (C(OH)–C–C–N with tert-alkyl or cyclic N) is 1. The van der Waals surface area contributed by atoms with E-state index < -0.39 is 0 Å². The first-order chi connectivity index (χ1) is 6.26. The molecule has 1 heterocycles. The summed E-state index contributed by atoms with van der Waals surface area (Å²) in [5.41, 5.74) is 5.56. The smallest absolute Gasteiger partial charge is 0.0823 e. The van der Waals surface area contributed by atoms with Crippen LogP contribution in [0, 0.1) is 0 Å². The van der Waals surface area contributed by atoms with Crippen molar-refractivity contribution < 1.29 is 9.84 Å². The van der Waals surface area contributed by atoms with E-state index in [0.29, 0.717) is 13.2 Å². The average Bonchev–Trinajstić information content (AvgIpc) is 2.50. The van der Waals surface area contributed by atoms with Gasteiger partial charge in [-0.05, 0) is 13.3 Å². The second kappa shape index (κ2) is 5.54. The van der Waals surface area contributed by atoms with Gasteiger partial charge >= 0.3 is 0 Å². The molecule has 3 N–H and O–H groups in total. The lowest BCUT2D eigenvalue weighted by molar-refractivity contribution is 0.0417. The van der Waals surface area contributed by atoms with Crippen LogP contribution in [-0.2, 0) is 4.74 Å². The summed E-state index contributed by atoms with van der Waals surface area (Å²) in [7, 11) is 0. The number of nitrogens with zero attached hydrogens (tertiary/aromatic N) is 1. The van der Waals surface area contributed by atoms with Crippen LogP contribution < -0.4 is 5.73 Å². The van der Waals surface area contributed by atoms with Crippen molar-refractivity contribution in [2.45, 2.75) is 25.6 Å². The largest absolute Gasteiger partial charge is 0.392 e. The number of aliphatic hydroxyl groups is 1. The van der Waals surface area contributed by atoms with Crippen LogP contribution >= 0.6 is 0 Å². The highest BCUT2D eigenvalue weighted by Crippen LogP contribution is 2.09. The summed E-state index contributed by atoms with van der Waals surface area (Å²) in [6.45, 7) is 5.82. The molecule has 2 unspecified atom stereocenters. The van der Waals surface area contributed by atoms with E-state index >= 15 is 0 Å². The molecule has 0 spiro atoms. The van der Waals surface area contributed by atoms with E-state index in [2.05, 4.69) is 4.90 Å². The lowest BCUT2D eigenvalue weighted by Crippen LogP contribution is -2.37. The topological polar surface area (TPSA) is 58.7 Å². The van der Waals surface area contributed by atoms with Crippen molar-refractivity contribution in [3.05, 3.63) is 0 Å². The molecule has 1 aliphatic rings. The van der Waals surface area contributed by atoms with E-state index in [1.165, 1.54) is 0 Å². The first-order valence-electron chi connectivity index (χ1n) is 4.98. The monoisotopic (exact) mass is 188 g/mol. The summed E-state index contributed by atoms with van der Waals surface area (Å²) >= 11 is 0. The van der Waals surface area contributed by atoms with Crippen molar-refractivity contribution in [2.75, 3.05) is 32.8 Å². The van der Waals surface area contributed by atoms with Gasteiger partial charge in [0.1, 0.15) is 0 Å². The predicted octanol–water partition coefficient (Wildman–Crippen LogP) is -0.583. The van der Waals surface area contributed by atoms with Gasteiger partial charge in [0, 0.05) is 32.8 Å². The Hall–Kier alpha value is -0.160. The van der Waals surface area contributed by atoms with Crippen LogP contribution in [0.4, 0.5) is 0 Å². The molecule has 13 heavy (non-hydrogen) atoms. The zero-order valence-corrected chi connectivity index (χ0v) is 8.28. The normalized spacial score (nSPS) is 26.5. The van der Waals surface area contributed by atoms with Gasteiger partial charge in [-0.25, -0.2) is 0 Å². The van der Waals surface area contributed by atoms with Crippen molar-refractivity contribution >= 4 is 0 Å². The number of rotatable bonds is 5. The fourth-order valence-electron chi connectivity index (χ4n) is 1.70. The highest BCUT2D eigenvalue weighted by atomic mass is 16.5. The molecule has 4 heteroatoms. The third-order valence-corrected chi connectivity index (χ3v) is 2.37. The Morgan fingerprint density at radius 3 is 2.92 bits per heavy atom. The number of aliphatic hydroxyl groups excluding tert-OH is 1. The predicted molar refractivity (Wildman–Crippen MR) is 51.5 cm³/mol. The summed E-state index contributed by atoms with van der Waals surface area (Å²) in [4.78, 5) is 2.21. The Morgan fingerprint density at radius 1 is 1.69 bits per heavy atom. The zero-order chi connectivity index (χ0) is 9.68. The molecule has 78 valence electrons. The molecule has 0 bridgehead atoms. The molecular weight excluding hydrogens is 168 g/mol. The minimum absolute atomic E-state index is 0.121. The molecule has 0 aliphatic carbocycles. The van der Waals surface area contributed by atoms with Crippen LogP contribution in [0.3, 0.4) is 0 Å². The van der Waals surface area contributed by atoms with Crippen molar-refractivity contribution in [3.8, 4) is 0 Å². The van der Waals surface area contributed by atoms with E-state index in [1.807, 2.05) is 6.92 Å². The van der Waals surface area contributed by atoms with E-state index in [9.17, 15) is 5.11 Å². The fourth-order valence-corrected chi connectivity index (χ4v) is 1.70. The fraction of sp³-hybridized carbons (Fsp3) is 1.00. The van der Waals surface area contributed by atoms with Crippen LogP contribution in [0.5, 0.6) is 0 Å². The maximum atomic E-state index is 9.30. The average molecular weight is 188 g/mol. The maximum absolute atomic E-state index is 9.30. The number of ether oxygens (including phenoxy) is 1. The molecule has 0 saturated carbocycles. The minimum atomic E-state index is -0.153. The lowest BCUT2D eigenvalue weighted by Gasteiger charge is -2.21. The second-order valence-corrected chi connectivity index (χ2v) is 3.52. The Bertz CT molecular complexity index is 142. The van der Waals surface area contributed by atoms with E-state index in [-0.39, 0.29) is 12.2 Å². The molecule has 0 aromatic carbocycles. The van der Waals surface area contributed by atoms with Gasteiger partial charge in [-0.15, -0.1) is 0 Å². The Morgan fingerprint density at radius 2 is 2.46 bits per heavy atom. The van der Waals surface area contributed by atoms with Gasteiger partial charge in [0.25, 0.3) is 0 Å². The SMILES string of the molecule is CCOC(CN)CN1CCC(O)C1. The molecule has 2 atom stereocenters. The van der Waals surface area contributed by atoms with Gasteiger partial charge in [0.05, 0.1) is 12.2 Å². The third-order valence-electron chi connectivity index (χ3n) is 2.37. The molecule has 1 rings (SSSR count). The first kappa shape index (κ1) is 10.9. The van der Waals surface area contributed by atoms with E-state index in [4.69, 9.17) is 10.5 Å². The molecule has 0 amide bonds. The van der Waals surface area contributed by atoms with E-state index in [1.54, 1.807) is 0 Å². The Kier molecular flexibility index (Phi) is 4.66. The first-order valence-corrected chi connectivity index (χ1v) is 4.98. The summed E-state index contributed by atoms with van der Waals surface area (Å²) in [6.07, 6.45) is 0.846. The third kappa shape index (κ3) is 3.60. The minimum Gasteiger partial charge on any atom is -0.392 e. The van der Waals surface area contributed by atoms with Crippen molar-refractivity contribution in [3.63, 3.8) is 0 Å². The number of hydrogen-bond acceptors (Lipinski definition) is 4. The van der Waals surface area contributed by atoms with Gasteiger partial charge in [-0.3, -0.25) is 4.90 Å². The van der Waals surface area contributed by atoms with Crippen molar-refractivity contribution in [1.29, 1.82) is 0 Å². The molecule has 0 aromatic rings. The van der Waals surface area contributed by atoms with Gasteiger partial charge in [-0.1, -0.05) is 0 Å². The summed E-state index contributed by atoms with van der Waals surface area (Å²) in [5.74, 6) is 0. The maximum Gasteiger partial charge on any atom is 0.0823 e. The van der Waals surface area contributed by atoms with Gasteiger partial charge in [-0.2, -0.15) is 0 Å². The molecular formula is C9H20N2O2. The van der Waals surface area contributed by atoms with Gasteiger partial charge in [0.2, 0.25) is 0 Å². The standard InChI is InChI=1S/C9H20N2O2/c1-2-13-9(5-10)7-11-4-3-8(12)6-11/h8-9,12H,2-7,10H2,1H3. The molecule has 0 aromatic heterocycles.